The highest BCUT2D eigenvalue weighted by Crippen LogP contribution is 2.29. The van der Waals surface area contributed by atoms with Crippen molar-refractivity contribution in [1.29, 1.82) is 5.26 Å². The first-order valence-corrected chi connectivity index (χ1v) is 6.48. The monoisotopic (exact) mass is 265 g/mol. The number of methoxy groups -OCH3 is 1. The normalized spacial score (nSPS) is 11.7. The summed E-state index contributed by atoms with van der Waals surface area (Å²) in [6.07, 6.45) is -0.296. The Bertz CT molecular complexity index is 466. The van der Waals surface area contributed by atoms with Crippen LogP contribution in [-0.4, -0.2) is 23.9 Å². The quantitative estimate of drug-likeness (QED) is 0.653. The number of benzene rings is 1. The second-order valence-corrected chi connectivity index (χ2v) is 4.85. The Kier molecular flexibility index (Phi) is 5.69. The fraction of sp³-hybridized carbons (Fsp3) is 0.385. The van der Waals surface area contributed by atoms with Crippen LogP contribution in [0.25, 0.3) is 0 Å². The molecule has 96 valence electrons. The smallest absolute Gasteiger partial charge is 0.306 e. The number of hydrogen-bond donors (Lipinski definition) is 1. The van der Waals surface area contributed by atoms with Crippen LogP contribution in [0.15, 0.2) is 23.1 Å². The number of aliphatic hydroxyl groups excluding tert-OH is 1. The maximum absolute atomic E-state index is 11.0. The Balaban J connectivity index is 2.78. The van der Waals surface area contributed by atoms with Gasteiger partial charge in [-0.1, -0.05) is 6.07 Å². The number of aliphatic hydroxyl groups is 1. The van der Waals surface area contributed by atoms with Gasteiger partial charge < -0.3 is 9.84 Å². The lowest BCUT2D eigenvalue weighted by Gasteiger charge is -2.11. The second kappa shape index (κ2) is 7.04. The average Bonchev–Trinajstić information content (AvgIpc) is 2.37. The van der Waals surface area contributed by atoms with Gasteiger partial charge in [0, 0.05) is 10.6 Å². The Morgan fingerprint density at radius 3 is 2.89 bits per heavy atom. The van der Waals surface area contributed by atoms with Gasteiger partial charge in [-0.3, -0.25) is 4.79 Å². The Hall–Kier alpha value is -1.51. The number of esters is 1. The first kappa shape index (κ1) is 14.6. The molecule has 0 unspecified atom stereocenters. The molecule has 1 aromatic carbocycles. The van der Waals surface area contributed by atoms with E-state index in [0.717, 1.165) is 10.5 Å². The van der Waals surface area contributed by atoms with Crippen LogP contribution in [-0.2, 0) is 9.53 Å². The van der Waals surface area contributed by atoms with Crippen LogP contribution in [0.2, 0.25) is 0 Å². The highest BCUT2D eigenvalue weighted by Gasteiger charge is 2.10. The zero-order valence-corrected chi connectivity index (χ0v) is 11.2. The molecule has 0 aliphatic carbocycles. The predicted octanol–water partition coefficient (Wildman–Crippen LogP) is 2.27. The van der Waals surface area contributed by atoms with E-state index < -0.39 is 6.10 Å². The summed E-state index contributed by atoms with van der Waals surface area (Å²) in [5, 5.41) is 18.5. The van der Waals surface area contributed by atoms with Gasteiger partial charge in [0.15, 0.2) is 0 Å². The number of carbonyl (C=O) groups is 1. The van der Waals surface area contributed by atoms with Gasteiger partial charge in [-0.05, 0) is 24.6 Å². The van der Waals surface area contributed by atoms with E-state index in [4.69, 9.17) is 5.26 Å². The SMILES string of the molecule is COC(=O)CCSc1cc(C#N)ccc1[C@@H](C)O. The van der Waals surface area contributed by atoms with E-state index in [2.05, 4.69) is 10.8 Å². The van der Waals surface area contributed by atoms with Crippen LogP contribution in [0.1, 0.15) is 30.6 Å². The minimum Gasteiger partial charge on any atom is -0.469 e. The summed E-state index contributed by atoms with van der Waals surface area (Å²) in [6, 6.07) is 7.20. The molecule has 4 nitrogen and oxygen atoms in total. The van der Waals surface area contributed by atoms with Gasteiger partial charge in [0.05, 0.1) is 31.3 Å². The van der Waals surface area contributed by atoms with Gasteiger partial charge in [0.1, 0.15) is 0 Å². The standard InChI is InChI=1S/C13H15NO3S/c1-9(15)11-4-3-10(8-14)7-12(11)18-6-5-13(16)17-2/h3-4,7,9,15H,5-6H2,1-2H3/t9-/m1/s1. The van der Waals surface area contributed by atoms with Crippen LogP contribution in [0.5, 0.6) is 0 Å². The van der Waals surface area contributed by atoms with Gasteiger partial charge in [0.2, 0.25) is 0 Å². The zero-order chi connectivity index (χ0) is 13.5. The summed E-state index contributed by atoms with van der Waals surface area (Å²) >= 11 is 1.44. The van der Waals surface area contributed by atoms with E-state index in [0.29, 0.717) is 17.7 Å². The third-order valence-electron chi connectivity index (χ3n) is 2.38. The van der Waals surface area contributed by atoms with Gasteiger partial charge >= 0.3 is 5.97 Å². The zero-order valence-electron chi connectivity index (χ0n) is 10.3. The van der Waals surface area contributed by atoms with Crippen LogP contribution in [0, 0.1) is 11.3 Å². The molecule has 18 heavy (non-hydrogen) atoms. The third kappa shape index (κ3) is 4.06. The Morgan fingerprint density at radius 2 is 2.33 bits per heavy atom. The van der Waals surface area contributed by atoms with E-state index in [-0.39, 0.29) is 5.97 Å². The molecule has 1 rings (SSSR count). The number of thioether (sulfide) groups is 1. The molecular formula is C13H15NO3S. The van der Waals surface area contributed by atoms with Gasteiger partial charge in [0.25, 0.3) is 0 Å². The second-order valence-electron chi connectivity index (χ2n) is 3.71. The number of nitriles is 1. The van der Waals surface area contributed by atoms with Gasteiger partial charge in [-0.2, -0.15) is 5.26 Å². The van der Waals surface area contributed by atoms with Crippen LogP contribution in [0.3, 0.4) is 0 Å². The molecule has 0 aromatic heterocycles. The number of rotatable bonds is 5. The number of hydrogen-bond acceptors (Lipinski definition) is 5. The van der Waals surface area contributed by atoms with Gasteiger partial charge in [-0.25, -0.2) is 0 Å². The highest BCUT2D eigenvalue weighted by molar-refractivity contribution is 7.99. The number of carbonyl (C=O) groups excluding carboxylic acids is 1. The van der Waals surface area contributed by atoms with E-state index in [9.17, 15) is 9.90 Å². The molecular weight excluding hydrogens is 250 g/mol. The lowest BCUT2D eigenvalue weighted by molar-refractivity contribution is -0.140. The van der Waals surface area contributed by atoms with E-state index in [1.165, 1.54) is 18.9 Å². The van der Waals surface area contributed by atoms with Crippen LogP contribution >= 0.6 is 11.8 Å². The molecule has 0 fully saturated rings. The molecule has 0 bridgehead atoms. The molecule has 1 N–H and O–H groups in total. The molecule has 0 spiro atoms. The van der Waals surface area contributed by atoms with E-state index >= 15 is 0 Å². The van der Waals surface area contributed by atoms with Crippen molar-refractivity contribution in [3.63, 3.8) is 0 Å². The van der Waals surface area contributed by atoms with E-state index in [1.807, 2.05) is 0 Å². The number of nitrogens with zero attached hydrogens (tertiary/aromatic N) is 1. The maximum atomic E-state index is 11.0. The summed E-state index contributed by atoms with van der Waals surface area (Å²) in [5.41, 5.74) is 1.31. The minimum absolute atomic E-state index is 0.266. The summed E-state index contributed by atoms with van der Waals surface area (Å²) in [5.74, 6) is 0.291. The van der Waals surface area contributed by atoms with Crippen LogP contribution < -0.4 is 0 Å². The first-order valence-electron chi connectivity index (χ1n) is 5.50. The largest absolute Gasteiger partial charge is 0.469 e. The predicted molar refractivity (Wildman–Crippen MR) is 69.1 cm³/mol. The molecule has 0 aliphatic heterocycles. The molecule has 1 aromatic rings. The van der Waals surface area contributed by atoms with Crippen LogP contribution in [0.4, 0.5) is 0 Å². The molecule has 5 heteroatoms. The fourth-order valence-electron chi connectivity index (χ4n) is 1.42. The van der Waals surface area contributed by atoms with Crippen molar-refractivity contribution in [2.24, 2.45) is 0 Å². The fourth-order valence-corrected chi connectivity index (χ4v) is 2.52. The maximum Gasteiger partial charge on any atom is 0.306 e. The average molecular weight is 265 g/mol. The molecule has 0 heterocycles. The minimum atomic E-state index is -0.599. The van der Waals surface area contributed by atoms with Gasteiger partial charge in [-0.15, -0.1) is 11.8 Å². The van der Waals surface area contributed by atoms with Crippen molar-refractivity contribution >= 4 is 17.7 Å². The molecule has 0 radical (unpaired) electrons. The summed E-state index contributed by atoms with van der Waals surface area (Å²) in [4.78, 5) is 11.8. The Morgan fingerprint density at radius 1 is 1.61 bits per heavy atom. The van der Waals surface area contributed by atoms with Crippen molar-refractivity contribution in [3.05, 3.63) is 29.3 Å². The summed E-state index contributed by atoms with van der Waals surface area (Å²) in [6.45, 7) is 1.67. The summed E-state index contributed by atoms with van der Waals surface area (Å²) < 4.78 is 4.56. The molecule has 0 amide bonds. The molecule has 1 atom stereocenters. The lowest BCUT2D eigenvalue weighted by Crippen LogP contribution is -2.02. The van der Waals surface area contributed by atoms with Crippen molar-refractivity contribution in [1.82, 2.24) is 0 Å². The van der Waals surface area contributed by atoms with Crippen molar-refractivity contribution in [2.45, 2.75) is 24.3 Å². The highest BCUT2D eigenvalue weighted by atomic mass is 32.2. The third-order valence-corrected chi connectivity index (χ3v) is 3.46. The summed E-state index contributed by atoms with van der Waals surface area (Å²) in [7, 11) is 1.35. The molecule has 0 saturated heterocycles. The van der Waals surface area contributed by atoms with Crippen molar-refractivity contribution < 1.29 is 14.6 Å². The van der Waals surface area contributed by atoms with Crippen molar-refractivity contribution in [2.75, 3.05) is 12.9 Å². The topological polar surface area (TPSA) is 70.3 Å². The lowest BCUT2D eigenvalue weighted by atomic mass is 10.1. The van der Waals surface area contributed by atoms with E-state index in [1.54, 1.807) is 25.1 Å². The molecule has 0 saturated carbocycles. The number of ether oxygens (including phenoxy) is 1. The van der Waals surface area contributed by atoms with Crippen molar-refractivity contribution in [3.8, 4) is 6.07 Å². The molecule has 0 aliphatic rings. The first-order chi connectivity index (χ1) is 8.58. The Labute approximate surface area is 111 Å².